The molecule has 0 N–H and O–H groups in total. The first-order valence-electron chi connectivity index (χ1n) is 9.42. The third-order valence-electron chi connectivity index (χ3n) is 4.96. The van der Waals surface area contributed by atoms with E-state index < -0.39 is 9.84 Å². The number of aryl methyl sites for hydroxylation is 2. The van der Waals surface area contributed by atoms with E-state index in [0.717, 1.165) is 5.56 Å². The minimum atomic E-state index is -3.72. The molecule has 0 atom stereocenters. The summed E-state index contributed by atoms with van der Waals surface area (Å²) >= 11 is 0. The van der Waals surface area contributed by atoms with Gasteiger partial charge in [-0.2, -0.15) is 5.10 Å². The number of fused-ring (bicyclic) bond motifs is 1. The van der Waals surface area contributed by atoms with Crippen LogP contribution in [0.3, 0.4) is 0 Å². The minimum Gasteiger partial charge on any atom is -0.497 e. The molecule has 4 aromatic rings. The topological polar surface area (TPSA) is 78.3 Å². The summed E-state index contributed by atoms with van der Waals surface area (Å²) in [4.78, 5) is 13.1. The van der Waals surface area contributed by atoms with Crippen molar-refractivity contribution in [2.75, 3.05) is 7.11 Å². The Hall–Kier alpha value is -3.45. The molecule has 0 saturated carbocycles. The van der Waals surface area contributed by atoms with Gasteiger partial charge in [0.1, 0.15) is 5.75 Å². The number of hydrogen-bond donors (Lipinski definition) is 0. The van der Waals surface area contributed by atoms with Gasteiger partial charge in [-0.05, 0) is 54.4 Å². The van der Waals surface area contributed by atoms with Crippen LogP contribution in [0.5, 0.6) is 5.75 Å². The van der Waals surface area contributed by atoms with Crippen molar-refractivity contribution >= 4 is 20.6 Å². The molecule has 30 heavy (non-hydrogen) atoms. The molecule has 1 heterocycles. The number of hydrogen-bond acceptors (Lipinski definition) is 5. The number of aromatic nitrogens is 2. The Labute approximate surface area is 174 Å². The molecule has 0 aliphatic rings. The normalized spacial score (nSPS) is 11.5. The highest BCUT2D eigenvalue weighted by Gasteiger charge is 2.19. The molecule has 0 unspecified atom stereocenters. The largest absolute Gasteiger partial charge is 0.497 e. The molecule has 0 spiro atoms. The molecule has 0 fully saturated rings. The average molecular weight is 420 g/mol. The minimum absolute atomic E-state index is 0.114. The van der Waals surface area contributed by atoms with E-state index in [1.54, 1.807) is 18.2 Å². The van der Waals surface area contributed by atoms with Gasteiger partial charge < -0.3 is 4.74 Å². The van der Waals surface area contributed by atoms with E-state index in [4.69, 9.17) is 4.74 Å². The van der Waals surface area contributed by atoms with Gasteiger partial charge in [-0.25, -0.2) is 13.1 Å². The van der Waals surface area contributed by atoms with Crippen LogP contribution in [-0.4, -0.2) is 25.3 Å². The van der Waals surface area contributed by atoms with Crippen molar-refractivity contribution in [1.29, 1.82) is 0 Å². The molecule has 3 aromatic carbocycles. The molecule has 1 aromatic heterocycles. The molecular formula is C23H20N2O4S. The summed E-state index contributed by atoms with van der Waals surface area (Å²) in [5, 5.41) is 5.16. The highest BCUT2D eigenvalue weighted by atomic mass is 32.2. The lowest BCUT2D eigenvalue weighted by Crippen LogP contribution is -2.23. The Balaban J connectivity index is 1.65. The third-order valence-corrected chi connectivity index (χ3v) is 6.73. The summed E-state index contributed by atoms with van der Waals surface area (Å²) in [6, 6.07) is 20.6. The molecule has 7 heteroatoms. The molecule has 0 aliphatic heterocycles. The lowest BCUT2D eigenvalue weighted by Gasteiger charge is -2.09. The van der Waals surface area contributed by atoms with Crippen LogP contribution in [0.4, 0.5) is 0 Å². The van der Waals surface area contributed by atoms with Gasteiger partial charge in [-0.3, -0.25) is 4.79 Å². The van der Waals surface area contributed by atoms with Crippen molar-refractivity contribution < 1.29 is 13.2 Å². The van der Waals surface area contributed by atoms with Crippen LogP contribution in [0.2, 0.25) is 0 Å². The summed E-state index contributed by atoms with van der Waals surface area (Å²) in [7, 11) is -2.20. The second kappa shape index (κ2) is 8.12. The van der Waals surface area contributed by atoms with Gasteiger partial charge in [-0.1, -0.05) is 30.3 Å². The first kappa shape index (κ1) is 19.8. The predicted molar refractivity (Wildman–Crippen MR) is 115 cm³/mol. The molecule has 0 saturated heterocycles. The van der Waals surface area contributed by atoms with Crippen molar-refractivity contribution in [2.45, 2.75) is 22.8 Å². The van der Waals surface area contributed by atoms with Gasteiger partial charge in [-0.15, -0.1) is 0 Å². The summed E-state index contributed by atoms with van der Waals surface area (Å²) < 4.78 is 32.4. The standard InChI is InChI=1S/C23H20N2O4S/c1-29-19-7-9-20(10-8-19)30(27,28)21-11-12-22-18(15-21)16-24-25(23(22)26)14-13-17-5-3-2-4-6-17/h2-12,15-16H,13-14H2,1H3. The van der Waals surface area contributed by atoms with E-state index in [9.17, 15) is 13.2 Å². The smallest absolute Gasteiger partial charge is 0.274 e. The Kier molecular flexibility index (Phi) is 5.37. The fourth-order valence-corrected chi connectivity index (χ4v) is 4.56. The van der Waals surface area contributed by atoms with Crippen LogP contribution < -0.4 is 10.3 Å². The Morgan fingerprint density at radius 3 is 2.33 bits per heavy atom. The Morgan fingerprint density at radius 2 is 1.63 bits per heavy atom. The van der Waals surface area contributed by atoms with Crippen LogP contribution in [0, 0.1) is 0 Å². The van der Waals surface area contributed by atoms with Crippen LogP contribution in [0.1, 0.15) is 5.56 Å². The number of sulfone groups is 1. The molecule has 0 aliphatic carbocycles. The lowest BCUT2D eigenvalue weighted by molar-refractivity contribution is 0.414. The fourth-order valence-electron chi connectivity index (χ4n) is 3.26. The second-order valence-corrected chi connectivity index (χ2v) is 8.79. The number of methoxy groups -OCH3 is 1. The van der Waals surface area contributed by atoms with Crippen LogP contribution in [-0.2, 0) is 22.8 Å². The van der Waals surface area contributed by atoms with E-state index in [1.807, 2.05) is 30.3 Å². The number of rotatable bonds is 6. The monoisotopic (exact) mass is 420 g/mol. The van der Waals surface area contributed by atoms with E-state index in [2.05, 4.69) is 5.10 Å². The fraction of sp³-hybridized carbons (Fsp3) is 0.130. The zero-order chi connectivity index (χ0) is 21.1. The first-order valence-corrected chi connectivity index (χ1v) is 10.9. The summed E-state index contributed by atoms with van der Waals surface area (Å²) in [6.45, 7) is 0.449. The van der Waals surface area contributed by atoms with Crippen molar-refractivity contribution in [3.8, 4) is 5.75 Å². The van der Waals surface area contributed by atoms with Gasteiger partial charge in [0, 0.05) is 11.9 Å². The molecule has 4 rings (SSSR count). The lowest BCUT2D eigenvalue weighted by atomic mass is 10.1. The van der Waals surface area contributed by atoms with E-state index in [0.29, 0.717) is 29.5 Å². The highest BCUT2D eigenvalue weighted by molar-refractivity contribution is 7.91. The highest BCUT2D eigenvalue weighted by Crippen LogP contribution is 2.25. The molecule has 0 radical (unpaired) electrons. The molecule has 152 valence electrons. The first-order chi connectivity index (χ1) is 14.5. The average Bonchev–Trinajstić information content (AvgIpc) is 2.79. The van der Waals surface area contributed by atoms with E-state index >= 15 is 0 Å². The van der Waals surface area contributed by atoms with Gasteiger partial charge in [0.2, 0.25) is 9.84 Å². The molecule has 0 amide bonds. The Bertz CT molecular complexity index is 1350. The van der Waals surface area contributed by atoms with Crippen molar-refractivity contribution in [3.63, 3.8) is 0 Å². The second-order valence-electron chi connectivity index (χ2n) is 6.84. The van der Waals surface area contributed by atoms with Crippen molar-refractivity contribution in [1.82, 2.24) is 9.78 Å². The maximum atomic E-state index is 12.9. The number of ether oxygens (including phenoxy) is 1. The maximum Gasteiger partial charge on any atom is 0.274 e. The van der Waals surface area contributed by atoms with Gasteiger partial charge in [0.25, 0.3) is 5.56 Å². The zero-order valence-electron chi connectivity index (χ0n) is 16.4. The summed E-state index contributed by atoms with van der Waals surface area (Å²) in [6.07, 6.45) is 2.22. The quantitative estimate of drug-likeness (QED) is 0.477. The molecule has 6 nitrogen and oxygen atoms in total. The van der Waals surface area contributed by atoms with Crippen LogP contribution >= 0.6 is 0 Å². The summed E-state index contributed by atoms with van der Waals surface area (Å²) in [5.41, 5.74) is 0.879. The van der Waals surface area contributed by atoms with Crippen molar-refractivity contribution in [3.05, 3.63) is 94.9 Å². The zero-order valence-corrected chi connectivity index (χ0v) is 17.2. The van der Waals surface area contributed by atoms with Crippen molar-refractivity contribution in [2.24, 2.45) is 0 Å². The molecular weight excluding hydrogens is 400 g/mol. The Morgan fingerprint density at radius 1 is 0.933 bits per heavy atom. The number of nitrogens with zero attached hydrogens (tertiary/aromatic N) is 2. The van der Waals surface area contributed by atoms with Crippen LogP contribution in [0.15, 0.2) is 93.6 Å². The third kappa shape index (κ3) is 3.84. The van der Waals surface area contributed by atoms with Gasteiger partial charge in [0.05, 0.1) is 28.5 Å². The number of benzene rings is 3. The summed E-state index contributed by atoms with van der Waals surface area (Å²) in [5.74, 6) is 0.577. The van der Waals surface area contributed by atoms with E-state index in [-0.39, 0.29) is 15.4 Å². The SMILES string of the molecule is COc1ccc(S(=O)(=O)c2ccc3c(=O)n(CCc4ccccc4)ncc3c2)cc1. The molecule has 0 bridgehead atoms. The van der Waals surface area contributed by atoms with E-state index in [1.165, 1.54) is 42.3 Å². The van der Waals surface area contributed by atoms with Gasteiger partial charge >= 0.3 is 0 Å². The van der Waals surface area contributed by atoms with Gasteiger partial charge in [0.15, 0.2) is 0 Å². The maximum absolute atomic E-state index is 12.9. The predicted octanol–water partition coefficient (Wildman–Crippen LogP) is 3.48. The van der Waals surface area contributed by atoms with Crippen LogP contribution in [0.25, 0.3) is 10.8 Å².